The number of nitro groups is 1. The highest BCUT2D eigenvalue weighted by molar-refractivity contribution is 6.29. The molecule has 21 heavy (non-hydrogen) atoms. The Morgan fingerprint density at radius 3 is 2.76 bits per heavy atom. The Kier molecular flexibility index (Phi) is 3.33. The zero-order chi connectivity index (χ0) is 14.8. The van der Waals surface area contributed by atoms with Crippen LogP contribution in [0.15, 0.2) is 48.7 Å². The highest BCUT2D eigenvalue weighted by atomic mass is 35.5. The summed E-state index contributed by atoms with van der Waals surface area (Å²) in [5.41, 5.74) is 1.13. The molecule has 2 aromatic heterocycles. The van der Waals surface area contributed by atoms with E-state index in [1.54, 1.807) is 36.5 Å². The molecule has 0 spiro atoms. The predicted molar refractivity (Wildman–Crippen MR) is 76.3 cm³/mol. The van der Waals surface area contributed by atoms with Gasteiger partial charge < -0.3 is 0 Å². The van der Waals surface area contributed by atoms with Crippen LogP contribution in [0, 0.1) is 10.1 Å². The van der Waals surface area contributed by atoms with E-state index in [0.717, 1.165) is 0 Å². The Balaban J connectivity index is 1.98. The van der Waals surface area contributed by atoms with E-state index < -0.39 is 4.92 Å². The summed E-state index contributed by atoms with van der Waals surface area (Å²) in [6.45, 7) is 0. The molecule has 2 heterocycles. The maximum Gasteiger partial charge on any atom is 0.270 e. The Bertz CT molecular complexity index is 818. The standard InChI is InChI=1S/C13H8ClN5O2/c14-12-5-2-6-13(15-12)18-8-11(16-17-18)9-3-1-4-10(7-9)19(20)21/h1-8H. The van der Waals surface area contributed by atoms with Gasteiger partial charge in [0, 0.05) is 17.7 Å². The number of halogens is 1. The van der Waals surface area contributed by atoms with E-state index in [9.17, 15) is 10.1 Å². The SMILES string of the molecule is O=[N+]([O-])c1cccc(-c2cn(-c3cccc(Cl)n3)nn2)c1. The first kappa shape index (κ1) is 13.2. The minimum atomic E-state index is -0.452. The molecule has 104 valence electrons. The summed E-state index contributed by atoms with van der Waals surface area (Å²) in [5, 5.41) is 19.1. The first-order valence-electron chi connectivity index (χ1n) is 5.93. The fraction of sp³-hybridized carbons (Fsp3) is 0. The van der Waals surface area contributed by atoms with Gasteiger partial charge >= 0.3 is 0 Å². The van der Waals surface area contributed by atoms with Crippen molar-refractivity contribution in [3.05, 3.63) is 63.9 Å². The fourth-order valence-corrected chi connectivity index (χ4v) is 1.97. The van der Waals surface area contributed by atoms with Crippen LogP contribution in [0.4, 0.5) is 5.69 Å². The van der Waals surface area contributed by atoms with Gasteiger partial charge in [-0.15, -0.1) is 5.10 Å². The summed E-state index contributed by atoms with van der Waals surface area (Å²) in [4.78, 5) is 14.5. The molecule has 1 aromatic carbocycles. The van der Waals surface area contributed by atoms with Gasteiger partial charge in [0.05, 0.1) is 11.1 Å². The van der Waals surface area contributed by atoms with Crippen LogP contribution < -0.4 is 0 Å². The quantitative estimate of drug-likeness (QED) is 0.422. The van der Waals surface area contributed by atoms with E-state index in [1.165, 1.54) is 16.8 Å². The lowest BCUT2D eigenvalue weighted by Crippen LogP contribution is -1.97. The summed E-state index contributed by atoms with van der Waals surface area (Å²) >= 11 is 5.83. The second-order valence-corrected chi connectivity index (χ2v) is 4.56. The number of hydrogen-bond acceptors (Lipinski definition) is 5. The van der Waals surface area contributed by atoms with Crippen LogP contribution in [-0.2, 0) is 0 Å². The third kappa shape index (κ3) is 2.72. The number of rotatable bonds is 3. The van der Waals surface area contributed by atoms with E-state index in [4.69, 9.17) is 11.6 Å². The molecule has 3 rings (SSSR count). The first-order chi connectivity index (χ1) is 10.1. The van der Waals surface area contributed by atoms with Crippen molar-refractivity contribution in [3.8, 4) is 17.1 Å². The van der Waals surface area contributed by atoms with E-state index in [2.05, 4.69) is 15.3 Å². The molecule has 0 saturated carbocycles. The Hall–Kier alpha value is -2.80. The molecular weight excluding hydrogens is 294 g/mol. The maximum atomic E-state index is 10.8. The minimum absolute atomic E-state index is 0.00271. The van der Waals surface area contributed by atoms with Crippen molar-refractivity contribution < 1.29 is 4.92 Å². The lowest BCUT2D eigenvalue weighted by atomic mass is 10.1. The van der Waals surface area contributed by atoms with Crippen LogP contribution in [-0.4, -0.2) is 24.9 Å². The molecule has 0 unspecified atom stereocenters. The van der Waals surface area contributed by atoms with Crippen LogP contribution in [0.5, 0.6) is 0 Å². The summed E-state index contributed by atoms with van der Waals surface area (Å²) in [6, 6.07) is 11.3. The summed E-state index contributed by atoms with van der Waals surface area (Å²) in [7, 11) is 0. The number of hydrogen-bond donors (Lipinski definition) is 0. The van der Waals surface area contributed by atoms with Gasteiger partial charge in [0.25, 0.3) is 5.69 Å². The predicted octanol–water partition coefficient (Wildman–Crippen LogP) is 2.89. The molecule has 8 heteroatoms. The van der Waals surface area contributed by atoms with Crippen LogP contribution in [0.3, 0.4) is 0 Å². The van der Waals surface area contributed by atoms with Gasteiger partial charge in [-0.2, -0.15) is 0 Å². The van der Waals surface area contributed by atoms with Gasteiger partial charge in [-0.1, -0.05) is 35.0 Å². The molecule has 0 N–H and O–H groups in total. The average molecular weight is 302 g/mol. The van der Waals surface area contributed by atoms with Gasteiger partial charge in [-0.25, -0.2) is 9.67 Å². The van der Waals surface area contributed by atoms with Crippen molar-refractivity contribution in [1.82, 2.24) is 20.0 Å². The lowest BCUT2D eigenvalue weighted by Gasteiger charge is -1.98. The number of pyridine rings is 1. The van der Waals surface area contributed by atoms with Gasteiger partial charge in [0.1, 0.15) is 10.8 Å². The summed E-state index contributed by atoms with van der Waals surface area (Å²) in [5.74, 6) is 0.520. The van der Waals surface area contributed by atoms with Crippen molar-refractivity contribution in [2.45, 2.75) is 0 Å². The van der Waals surface area contributed by atoms with E-state index in [-0.39, 0.29) is 5.69 Å². The Morgan fingerprint density at radius 2 is 2.00 bits per heavy atom. The molecule has 0 atom stereocenters. The van der Waals surface area contributed by atoms with Crippen LogP contribution in [0.25, 0.3) is 17.1 Å². The third-order valence-corrected chi connectivity index (χ3v) is 2.99. The largest absolute Gasteiger partial charge is 0.270 e. The zero-order valence-corrected chi connectivity index (χ0v) is 11.3. The third-order valence-electron chi connectivity index (χ3n) is 2.78. The number of aromatic nitrogens is 4. The molecule has 0 amide bonds. The Labute approximate surface area is 124 Å². The molecule has 0 bridgehead atoms. The van der Waals surface area contributed by atoms with Crippen molar-refractivity contribution in [2.75, 3.05) is 0 Å². The molecule has 7 nitrogen and oxygen atoms in total. The van der Waals surface area contributed by atoms with Gasteiger partial charge in [-0.05, 0) is 12.1 Å². The van der Waals surface area contributed by atoms with Gasteiger partial charge in [0.2, 0.25) is 0 Å². The number of benzene rings is 1. The minimum Gasteiger partial charge on any atom is -0.258 e. The van der Waals surface area contributed by atoms with Crippen molar-refractivity contribution in [2.24, 2.45) is 0 Å². The van der Waals surface area contributed by atoms with Gasteiger partial charge in [-0.3, -0.25) is 10.1 Å². The van der Waals surface area contributed by atoms with Crippen LogP contribution in [0.2, 0.25) is 5.15 Å². The highest BCUT2D eigenvalue weighted by Gasteiger charge is 2.10. The Morgan fingerprint density at radius 1 is 1.19 bits per heavy atom. The fourth-order valence-electron chi connectivity index (χ4n) is 1.81. The monoisotopic (exact) mass is 301 g/mol. The van der Waals surface area contributed by atoms with E-state index >= 15 is 0 Å². The van der Waals surface area contributed by atoms with E-state index in [0.29, 0.717) is 22.2 Å². The van der Waals surface area contributed by atoms with Crippen molar-refractivity contribution >= 4 is 17.3 Å². The molecular formula is C13H8ClN5O2. The second kappa shape index (κ2) is 5.29. The maximum absolute atomic E-state index is 10.8. The average Bonchev–Trinajstić information content (AvgIpc) is 2.97. The summed E-state index contributed by atoms with van der Waals surface area (Å²) < 4.78 is 1.46. The highest BCUT2D eigenvalue weighted by Crippen LogP contribution is 2.22. The number of nitrogens with zero attached hydrogens (tertiary/aromatic N) is 5. The summed E-state index contributed by atoms with van der Waals surface area (Å²) in [6.07, 6.45) is 1.64. The number of non-ortho nitro benzene ring substituents is 1. The topological polar surface area (TPSA) is 86.7 Å². The molecule has 0 aliphatic rings. The molecule has 0 fully saturated rings. The van der Waals surface area contributed by atoms with Crippen molar-refractivity contribution in [3.63, 3.8) is 0 Å². The van der Waals surface area contributed by atoms with Crippen molar-refractivity contribution in [1.29, 1.82) is 0 Å². The molecule has 0 aliphatic heterocycles. The lowest BCUT2D eigenvalue weighted by molar-refractivity contribution is -0.384. The van der Waals surface area contributed by atoms with Crippen LogP contribution >= 0.6 is 11.6 Å². The second-order valence-electron chi connectivity index (χ2n) is 4.17. The van der Waals surface area contributed by atoms with Crippen LogP contribution in [0.1, 0.15) is 0 Å². The van der Waals surface area contributed by atoms with Gasteiger partial charge in [0.15, 0.2) is 5.82 Å². The first-order valence-corrected chi connectivity index (χ1v) is 6.31. The normalized spacial score (nSPS) is 10.5. The smallest absolute Gasteiger partial charge is 0.258 e. The molecule has 0 radical (unpaired) electrons. The zero-order valence-electron chi connectivity index (χ0n) is 10.5. The number of nitro benzene ring substituents is 1. The molecule has 3 aromatic rings. The molecule has 0 saturated heterocycles. The van der Waals surface area contributed by atoms with E-state index in [1.807, 2.05) is 0 Å². The molecule has 0 aliphatic carbocycles.